The standard InChI is InChI=1S/C14H13F2NO2/c1-8(13-7-12(18)2-3-14(13)19)17-11-5-9(15)4-10(16)6-11/h2-8,17-19H,1H3. The molecule has 2 aromatic carbocycles. The normalized spacial score (nSPS) is 12.2. The molecule has 0 spiro atoms. The Bertz CT molecular complexity index is 582. The van der Waals surface area contributed by atoms with Gasteiger partial charge in [0.25, 0.3) is 0 Å². The number of benzene rings is 2. The van der Waals surface area contributed by atoms with Crippen molar-refractivity contribution in [3.05, 3.63) is 53.6 Å². The minimum atomic E-state index is -0.685. The third-order valence-electron chi connectivity index (χ3n) is 2.72. The topological polar surface area (TPSA) is 52.5 Å². The summed E-state index contributed by atoms with van der Waals surface area (Å²) in [5.74, 6) is -1.37. The molecule has 0 bridgehead atoms. The SMILES string of the molecule is CC(Nc1cc(F)cc(F)c1)c1cc(O)ccc1O. The third kappa shape index (κ3) is 3.13. The Morgan fingerprint density at radius 2 is 1.63 bits per heavy atom. The van der Waals surface area contributed by atoms with Gasteiger partial charge in [0.15, 0.2) is 0 Å². The molecule has 0 fully saturated rings. The molecule has 0 radical (unpaired) electrons. The van der Waals surface area contributed by atoms with Crippen LogP contribution in [0, 0.1) is 11.6 Å². The van der Waals surface area contributed by atoms with E-state index in [9.17, 15) is 19.0 Å². The van der Waals surface area contributed by atoms with Crippen LogP contribution in [0.15, 0.2) is 36.4 Å². The average Bonchev–Trinajstić information content (AvgIpc) is 2.30. The largest absolute Gasteiger partial charge is 0.508 e. The van der Waals surface area contributed by atoms with Crippen molar-refractivity contribution in [1.82, 2.24) is 0 Å². The molecule has 3 nitrogen and oxygen atoms in total. The van der Waals surface area contributed by atoms with Gasteiger partial charge in [-0.05, 0) is 37.3 Å². The van der Waals surface area contributed by atoms with Crippen LogP contribution < -0.4 is 5.32 Å². The van der Waals surface area contributed by atoms with Crippen molar-refractivity contribution >= 4 is 5.69 Å². The number of halogens is 2. The molecule has 5 heteroatoms. The van der Waals surface area contributed by atoms with E-state index < -0.39 is 17.7 Å². The van der Waals surface area contributed by atoms with Crippen molar-refractivity contribution in [3.8, 4) is 11.5 Å². The lowest BCUT2D eigenvalue weighted by Crippen LogP contribution is -2.07. The summed E-state index contributed by atoms with van der Waals surface area (Å²) < 4.78 is 26.1. The summed E-state index contributed by atoms with van der Waals surface area (Å²) in [5, 5.41) is 21.9. The van der Waals surface area contributed by atoms with Crippen molar-refractivity contribution in [3.63, 3.8) is 0 Å². The van der Waals surface area contributed by atoms with Gasteiger partial charge in [-0.3, -0.25) is 0 Å². The van der Waals surface area contributed by atoms with Crippen LogP contribution in [0.1, 0.15) is 18.5 Å². The first-order valence-electron chi connectivity index (χ1n) is 5.70. The molecule has 3 N–H and O–H groups in total. The molecule has 0 aliphatic heterocycles. The monoisotopic (exact) mass is 265 g/mol. The highest BCUT2D eigenvalue weighted by Crippen LogP contribution is 2.30. The summed E-state index contributed by atoms with van der Waals surface area (Å²) in [6, 6.07) is 6.76. The minimum Gasteiger partial charge on any atom is -0.508 e. The van der Waals surface area contributed by atoms with E-state index >= 15 is 0 Å². The molecule has 19 heavy (non-hydrogen) atoms. The molecular weight excluding hydrogens is 252 g/mol. The number of nitrogens with one attached hydrogen (secondary N) is 1. The van der Waals surface area contributed by atoms with Gasteiger partial charge in [0.2, 0.25) is 0 Å². The molecule has 0 heterocycles. The van der Waals surface area contributed by atoms with Gasteiger partial charge in [0.1, 0.15) is 23.1 Å². The number of hydrogen-bond acceptors (Lipinski definition) is 3. The summed E-state index contributed by atoms with van der Waals surface area (Å²) in [6.07, 6.45) is 0. The van der Waals surface area contributed by atoms with Crippen LogP contribution in [0.4, 0.5) is 14.5 Å². The van der Waals surface area contributed by atoms with Crippen LogP contribution in [-0.4, -0.2) is 10.2 Å². The van der Waals surface area contributed by atoms with Crippen LogP contribution in [0.2, 0.25) is 0 Å². The van der Waals surface area contributed by atoms with Gasteiger partial charge in [-0.1, -0.05) is 0 Å². The summed E-state index contributed by atoms with van der Waals surface area (Å²) in [6.45, 7) is 1.71. The third-order valence-corrected chi connectivity index (χ3v) is 2.72. The quantitative estimate of drug-likeness (QED) is 0.744. The molecule has 0 amide bonds. The van der Waals surface area contributed by atoms with Gasteiger partial charge in [0.05, 0.1) is 6.04 Å². The Morgan fingerprint density at radius 1 is 1.00 bits per heavy atom. The van der Waals surface area contributed by atoms with E-state index in [4.69, 9.17) is 0 Å². The first-order chi connectivity index (χ1) is 8.95. The molecule has 0 aliphatic rings. The molecule has 100 valence electrons. The maximum atomic E-state index is 13.1. The van der Waals surface area contributed by atoms with Crippen molar-refractivity contribution in [1.29, 1.82) is 0 Å². The van der Waals surface area contributed by atoms with Gasteiger partial charge in [-0.25, -0.2) is 8.78 Å². The molecule has 0 saturated carbocycles. The summed E-state index contributed by atoms with van der Waals surface area (Å²) in [5.41, 5.74) is 0.692. The Labute approximate surface area is 109 Å². The summed E-state index contributed by atoms with van der Waals surface area (Å²) in [7, 11) is 0. The molecule has 2 rings (SSSR count). The number of phenols is 2. The van der Waals surface area contributed by atoms with Gasteiger partial charge in [-0.15, -0.1) is 0 Å². The number of aromatic hydroxyl groups is 2. The van der Waals surface area contributed by atoms with Crippen LogP contribution in [0.25, 0.3) is 0 Å². The maximum absolute atomic E-state index is 13.1. The molecule has 1 atom stereocenters. The Kier molecular flexibility index (Phi) is 3.55. The van der Waals surface area contributed by atoms with Crippen LogP contribution in [0.5, 0.6) is 11.5 Å². The maximum Gasteiger partial charge on any atom is 0.128 e. The fourth-order valence-electron chi connectivity index (χ4n) is 1.85. The van der Waals surface area contributed by atoms with E-state index in [1.54, 1.807) is 6.92 Å². The van der Waals surface area contributed by atoms with Gasteiger partial charge in [0, 0.05) is 17.3 Å². The zero-order chi connectivity index (χ0) is 14.0. The smallest absolute Gasteiger partial charge is 0.128 e. The van der Waals surface area contributed by atoms with Crippen molar-refractivity contribution in [2.24, 2.45) is 0 Å². The number of phenolic OH excluding ortho intramolecular Hbond substituents is 2. The van der Waals surface area contributed by atoms with Crippen molar-refractivity contribution < 1.29 is 19.0 Å². The van der Waals surface area contributed by atoms with Crippen LogP contribution >= 0.6 is 0 Å². The lowest BCUT2D eigenvalue weighted by atomic mass is 10.1. The van der Waals surface area contributed by atoms with Crippen molar-refractivity contribution in [2.75, 3.05) is 5.32 Å². The lowest BCUT2D eigenvalue weighted by molar-refractivity contribution is 0.451. The van der Waals surface area contributed by atoms with Crippen LogP contribution in [0.3, 0.4) is 0 Å². The van der Waals surface area contributed by atoms with Gasteiger partial charge in [-0.2, -0.15) is 0 Å². The fraction of sp³-hybridized carbons (Fsp3) is 0.143. The highest BCUT2D eigenvalue weighted by molar-refractivity contribution is 5.49. The first-order valence-corrected chi connectivity index (χ1v) is 5.70. The van der Waals surface area contributed by atoms with E-state index in [0.29, 0.717) is 5.56 Å². The fourth-order valence-corrected chi connectivity index (χ4v) is 1.85. The predicted molar refractivity (Wildman–Crippen MR) is 68.2 cm³/mol. The number of rotatable bonds is 3. The minimum absolute atomic E-state index is 0.00493. The molecule has 0 aliphatic carbocycles. The number of hydrogen-bond donors (Lipinski definition) is 3. The van der Waals surface area contributed by atoms with E-state index in [0.717, 1.165) is 18.2 Å². The summed E-state index contributed by atoms with van der Waals surface area (Å²) in [4.78, 5) is 0. The molecule has 0 aromatic heterocycles. The molecular formula is C14H13F2NO2. The van der Waals surface area contributed by atoms with Gasteiger partial charge >= 0.3 is 0 Å². The second-order valence-electron chi connectivity index (χ2n) is 4.27. The second kappa shape index (κ2) is 5.14. The molecule has 2 aromatic rings. The Hall–Kier alpha value is -2.30. The van der Waals surface area contributed by atoms with Crippen LogP contribution in [-0.2, 0) is 0 Å². The molecule has 1 unspecified atom stereocenters. The number of anilines is 1. The zero-order valence-electron chi connectivity index (χ0n) is 10.2. The first kappa shape index (κ1) is 13.1. The van der Waals surface area contributed by atoms with Gasteiger partial charge < -0.3 is 15.5 Å². The van der Waals surface area contributed by atoms with E-state index in [2.05, 4.69) is 5.32 Å². The van der Waals surface area contributed by atoms with E-state index in [-0.39, 0.29) is 17.2 Å². The molecule has 0 saturated heterocycles. The van der Waals surface area contributed by atoms with E-state index in [1.165, 1.54) is 18.2 Å². The zero-order valence-corrected chi connectivity index (χ0v) is 10.2. The van der Waals surface area contributed by atoms with E-state index in [1.807, 2.05) is 0 Å². The highest BCUT2D eigenvalue weighted by Gasteiger charge is 2.12. The predicted octanol–water partition coefficient (Wildman–Crippen LogP) is 3.55. The Balaban J connectivity index is 2.25. The average molecular weight is 265 g/mol. The second-order valence-corrected chi connectivity index (χ2v) is 4.27. The Morgan fingerprint density at radius 3 is 2.26 bits per heavy atom. The highest BCUT2D eigenvalue weighted by atomic mass is 19.1. The summed E-state index contributed by atoms with van der Waals surface area (Å²) >= 11 is 0. The lowest BCUT2D eigenvalue weighted by Gasteiger charge is -2.17. The van der Waals surface area contributed by atoms with Crippen molar-refractivity contribution in [2.45, 2.75) is 13.0 Å².